The van der Waals surface area contributed by atoms with E-state index in [4.69, 9.17) is 9.15 Å². The zero-order valence-corrected chi connectivity index (χ0v) is 10.9. The first kappa shape index (κ1) is 12.6. The maximum Gasteiger partial charge on any atom is 0.253 e. The number of hydrogen-bond acceptors (Lipinski definition) is 5. The Balaban J connectivity index is 2.08. The summed E-state index contributed by atoms with van der Waals surface area (Å²) in [4.78, 5) is 0. The van der Waals surface area contributed by atoms with Gasteiger partial charge < -0.3 is 14.5 Å². The molecule has 1 aromatic heterocycles. The Morgan fingerprint density at radius 3 is 2.78 bits per heavy atom. The maximum absolute atomic E-state index is 5.71. The molecule has 1 aromatic carbocycles. The van der Waals surface area contributed by atoms with Gasteiger partial charge in [-0.2, -0.15) is 0 Å². The van der Waals surface area contributed by atoms with Crippen molar-refractivity contribution in [2.75, 3.05) is 7.05 Å². The van der Waals surface area contributed by atoms with Crippen LogP contribution >= 0.6 is 0 Å². The van der Waals surface area contributed by atoms with Crippen LogP contribution in [0.4, 0.5) is 0 Å². The minimum atomic E-state index is 0.292. The highest BCUT2D eigenvalue weighted by Crippen LogP contribution is 2.21. The summed E-state index contributed by atoms with van der Waals surface area (Å²) in [6, 6.07) is 6.09. The average Bonchev–Trinajstić information content (AvgIpc) is 2.75. The van der Waals surface area contributed by atoms with Gasteiger partial charge in [0.25, 0.3) is 5.89 Å². The highest BCUT2D eigenvalue weighted by molar-refractivity contribution is 5.36. The minimum absolute atomic E-state index is 0.292. The molecule has 1 N–H and O–H groups in total. The second kappa shape index (κ2) is 5.64. The Bertz CT molecular complexity index is 523. The van der Waals surface area contributed by atoms with E-state index in [1.807, 2.05) is 19.2 Å². The molecule has 0 spiro atoms. The molecule has 0 radical (unpaired) electrons. The van der Waals surface area contributed by atoms with Crippen LogP contribution in [0.5, 0.6) is 5.75 Å². The van der Waals surface area contributed by atoms with E-state index in [9.17, 15) is 0 Å². The largest absolute Gasteiger partial charge is 0.483 e. The summed E-state index contributed by atoms with van der Waals surface area (Å²) in [5, 5.41) is 10.8. The topological polar surface area (TPSA) is 60.2 Å². The third-order valence-electron chi connectivity index (χ3n) is 2.50. The van der Waals surface area contributed by atoms with Crippen molar-refractivity contribution in [3.8, 4) is 5.75 Å². The molecule has 2 aromatic rings. The molecule has 2 rings (SSSR count). The molecule has 0 atom stereocenters. The van der Waals surface area contributed by atoms with Gasteiger partial charge in [0.15, 0.2) is 6.61 Å². The quantitative estimate of drug-likeness (QED) is 0.875. The van der Waals surface area contributed by atoms with Crippen LogP contribution in [0.1, 0.15) is 22.9 Å². The highest BCUT2D eigenvalue weighted by Gasteiger charge is 2.07. The second-order valence-electron chi connectivity index (χ2n) is 4.15. The van der Waals surface area contributed by atoms with Crippen LogP contribution in [0, 0.1) is 13.8 Å². The molecule has 0 aliphatic carbocycles. The van der Waals surface area contributed by atoms with E-state index in [-0.39, 0.29) is 0 Å². The lowest BCUT2D eigenvalue weighted by atomic mass is 10.1. The molecule has 0 aliphatic rings. The van der Waals surface area contributed by atoms with Gasteiger partial charge in [-0.05, 0) is 20.0 Å². The van der Waals surface area contributed by atoms with E-state index in [1.165, 1.54) is 5.56 Å². The fraction of sp³-hybridized carbons (Fsp3) is 0.385. The third kappa shape index (κ3) is 3.07. The Morgan fingerprint density at radius 1 is 1.28 bits per heavy atom. The lowest BCUT2D eigenvalue weighted by molar-refractivity contribution is 0.258. The molecule has 1 heterocycles. The number of nitrogens with zero attached hydrogens (tertiary/aromatic N) is 2. The monoisotopic (exact) mass is 247 g/mol. The molecule has 5 nitrogen and oxygen atoms in total. The number of ether oxygens (including phenoxy) is 1. The van der Waals surface area contributed by atoms with Crippen LogP contribution in [0.15, 0.2) is 22.6 Å². The van der Waals surface area contributed by atoms with Crippen LogP contribution in [-0.4, -0.2) is 17.2 Å². The predicted octanol–water partition coefficient (Wildman–Crippen LogP) is 1.98. The lowest BCUT2D eigenvalue weighted by Crippen LogP contribution is -2.08. The molecule has 0 amide bonds. The highest BCUT2D eigenvalue weighted by atomic mass is 16.5. The Morgan fingerprint density at radius 2 is 2.11 bits per heavy atom. The lowest BCUT2D eigenvalue weighted by Gasteiger charge is -2.10. The minimum Gasteiger partial charge on any atom is -0.483 e. The van der Waals surface area contributed by atoms with Crippen LogP contribution in [0.25, 0.3) is 0 Å². The van der Waals surface area contributed by atoms with Crippen LogP contribution < -0.4 is 10.1 Å². The number of rotatable bonds is 5. The molecule has 0 aliphatic heterocycles. The van der Waals surface area contributed by atoms with Gasteiger partial charge >= 0.3 is 0 Å². The smallest absolute Gasteiger partial charge is 0.253 e. The number of aromatic nitrogens is 2. The number of aryl methyl sites for hydroxylation is 2. The van der Waals surface area contributed by atoms with Gasteiger partial charge in [-0.1, -0.05) is 17.7 Å². The van der Waals surface area contributed by atoms with E-state index >= 15 is 0 Å². The van der Waals surface area contributed by atoms with Crippen LogP contribution in [0.3, 0.4) is 0 Å². The Hall–Kier alpha value is -1.88. The normalized spacial score (nSPS) is 10.6. The van der Waals surface area contributed by atoms with Crippen molar-refractivity contribution in [3.63, 3.8) is 0 Å². The van der Waals surface area contributed by atoms with Gasteiger partial charge in [0, 0.05) is 19.0 Å². The fourth-order valence-corrected chi connectivity index (χ4v) is 1.71. The first-order valence-corrected chi connectivity index (χ1v) is 5.85. The predicted molar refractivity (Wildman–Crippen MR) is 67.3 cm³/mol. The van der Waals surface area contributed by atoms with Crippen LogP contribution in [-0.2, 0) is 13.2 Å². The number of benzene rings is 1. The van der Waals surface area contributed by atoms with E-state index in [1.54, 1.807) is 6.92 Å². The Kier molecular flexibility index (Phi) is 3.94. The molecule has 0 unspecified atom stereocenters. The van der Waals surface area contributed by atoms with Crippen LogP contribution in [0.2, 0.25) is 0 Å². The molecule has 0 fully saturated rings. The van der Waals surface area contributed by atoms with Crippen molar-refractivity contribution in [2.24, 2.45) is 0 Å². The molecule has 5 heteroatoms. The summed E-state index contributed by atoms with van der Waals surface area (Å²) in [6.07, 6.45) is 0. The van der Waals surface area contributed by atoms with Gasteiger partial charge in [0.05, 0.1) is 0 Å². The molecular weight excluding hydrogens is 230 g/mol. The van der Waals surface area contributed by atoms with Gasteiger partial charge in [0.1, 0.15) is 5.75 Å². The molecule has 0 bridgehead atoms. The molecule has 96 valence electrons. The molecular formula is C13H17N3O2. The summed E-state index contributed by atoms with van der Waals surface area (Å²) in [5.41, 5.74) is 2.33. The molecule has 18 heavy (non-hydrogen) atoms. The van der Waals surface area contributed by atoms with E-state index in [2.05, 4.69) is 28.5 Å². The van der Waals surface area contributed by atoms with Crippen molar-refractivity contribution in [3.05, 3.63) is 41.1 Å². The maximum atomic E-state index is 5.71. The number of hydrogen-bond donors (Lipinski definition) is 1. The van der Waals surface area contributed by atoms with E-state index in [0.717, 1.165) is 17.9 Å². The third-order valence-corrected chi connectivity index (χ3v) is 2.50. The second-order valence-corrected chi connectivity index (χ2v) is 4.15. The van der Waals surface area contributed by atoms with Crippen molar-refractivity contribution in [2.45, 2.75) is 27.0 Å². The zero-order chi connectivity index (χ0) is 13.0. The SMILES string of the molecule is CNCc1cc(C)ccc1OCc1nnc(C)o1. The fourth-order valence-electron chi connectivity index (χ4n) is 1.71. The van der Waals surface area contributed by atoms with E-state index in [0.29, 0.717) is 18.4 Å². The zero-order valence-electron chi connectivity index (χ0n) is 10.9. The van der Waals surface area contributed by atoms with Gasteiger partial charge in [-0.25, -0.2) is 0 Å². The van der Waals surface area contributed by atoms with Crippen molar-refractivity contribution in [1.29, 1.82) is 0 Å². The summed E-state index contributed by atoms with van der Waals surface area (Å²) < 4.78 is 11.0. The standard InChI is InChI=1S/C13H17N3O2/c1-9-4-5-12(11(6-9)7-14-3)17-8-13-16-15-10(2)18-13/h4-6,14H,7-8H2,1-3H3. The van der Waals surface area contributed by atoms with Gasteiger partial charge in [-0.15, -0.1) is 10.2 Å². The first-order chi connectivity index (χ1) is 8.69. The molecule has 0 saturated heterocycles. The van der Waals surface area contributed by atoms with Gasteiger partial charge in [-0.3, -0.25) is 0 Å². The van der Waals surface area contributed by atoms with Crippen molar-refractivity contribution >= 4 is 0 Å². The van der Waals surface area contributed by atoms with Crippen molar-refractivity contribution < 1.29 is 9.15 Å². The summed E-state index contributed by atoms with van der Waals surface area (Å²) in [7, 11) is 1.91. The number of nitrogens with one attached hydrogen (secondary N) is 1. The average molecular weight is 247 g/mol. The summed E-state index contributed by atoms with van der Waals surface area (Å²) in [6.45, 7) is 4.87. The van der Waals surface area contributed by atoms with Crippen molar-refractivity contribution in [1.82, 2.24) is 15.5 Å². The summed E-state index contributed by atoms with van der Waals surface area (Å²) >= 11 is 0. The van der Waals surface area contributed by atoms with E-state index < -0.39 is 0 Å². The first-order valence-electron chi connectivity index (χ1n) is 5.85. The summed E-state index contributed by atoms with van der Waals surface area (Å²) in [5.74, 6) is 1.88. The molecule has 0 saturated carbocycles. The van der Waals surface area contributed by atoms with Gasteiger partial charge in [0.2, 0.25) is 5.89 Å². The Labute approximate surface area is 106 Å².